The zero-order valence-corrected chi connectivity index (χ0v) is 11.8. The number of nitrogens with zero attached hydrogens (tertiary/aromatic N) is 3. The average Bonchev–Trinajstić information content (AvgIpc) is 3.02. The van der Waals surface area contributed by atoms with Crippen molar-refractivity contribution < 1.29 is 8.91 Å². The van der Waals surface area contributed by atoms with Gasteiger partial charge in [0, 0.05) is 24.4 Å². The molecule has 0 saturated heterocycles. The standard InChI is InChI=1S/C13H10Cl2FN3O/c14-3-1-13-17-11-5-9(15)10(16)6-12(11)19(13)7-8-2-4-20-18-8/h2,4-6H,1,3,7H2. The highest BCUT2D eigenvalue weighted by molar-refractivity contribution is 6.31. The fourth-order valence-corrected chi connectivity index (χ4v) is 2.43. The van der Waals surface area contributed by atoms with Crippen LogP contribution in [-0.4, -0.2) is 20.6 Å². The van der Waals surface area contributed by atoms with Crippen LogP contribution in [0.2, 0.25) is 5.02 Å². The maximum absolute atomic E-state index is 13.7. The topological polar surface area (TPSA) is 43.9 Å². The van der Waals surface area contributed by atoms with Gasteiger partial charge >= 0.3 is 0 Å². The van der Waals surface area contributed by atoms with Crippen LogP contribution in [0.25, 0.3) is 11.0 Å². The first-order valence-electron chi connectivity index (χ1n) is 5.98. The Bertz CT molecular complexity index is 740. The Morgan fingerprint density at radius 2 is 2.20 bits per heavy atom. The lowest BCUT2D eigenvalue weighted by atomic mass is 10.3. The monoisotopic (exact) mass is 313 g/mol. The molecule has 3 aromatic rings. The summed E-state index contributed by atoms with van der Waals surface area (Å²) in [5, 5.41) is 3.92. The summed E-state index contributed by atoms with van der Waals surface area (Å²) in [5.74, 6) is 0.718. The van der Waals surface area contributed by atoms with Crippen molar-refractivity contribution in [1.29, 1.82) is 0 Å². The highest BCUT2D eigenvalue weighted by Gasteiger charge is 2.14. The Morgan fingerprint density at radius 1 is 1.35 bits per heavy atom. The summed E-state index contributed by atoms with van der Waals surface area (Å²) in [6, 6.07) is 4.65. The summed E-state index contributed by atoms with van der Waals surface area (Å²) in [7, 11) is 0. The second kappa shape index (κ2) is 5.42. The molecule has 0 aliphatic heterocycles. The van der Waals surface area contributed by atoms with Crippen LogP contribution in [0.3, 0.4) is 0 Å². The van der Waals surface area contributed by atoms with Gasteiger partial charge in [0.1, 0.15) is 23.6 Å². The van der Waals surface area contributed by atoms with Crippen LogP contribution in [0.15, 0.2) is 29.0 Å². The van der Waals surface area contributed by atoms with Crippen LogP contribution in [0, 0.1) is 5.82 Å². The van der Waals surface area contributed by atoms with E-state index in [0.29, 0.717) is 29.9 Å². The highest BCUT2D eigenvalue weighted by Crippen LogP contribution is 2.24. The van der Waals surface area contributed by atoms with E-state index in [0.717, 1.165) is 11.5 Å². The molecule has 0 amide bonds. The first-order chi connectivity index (χ1) is 9.69. The van der Waals surface area contributed by atoms with E-state index in [2.05, 4.69) is 10.1 Å². The van der Waals surface area contributed by atoms with Crippen LogP contribution in [-0.2, 0) is 13.0 Å². The van der Waals surface area contributed by atoms with Gasteiger partial charge in [0.05, 0.1) is 22.6 Å². The third kappa shape index (κ3) is 2.39. The zero-order chi connectivity index (χ0) is 14.1. The predicted octanol–water partition coefficient (Wildman–Crippen LogP) is 3.65. The SMILES string of the molecule is Fc1cc2c(cc1Cl)nc(CCCl)n2Cc1ccon1. The molecule has 4 nitrogen and oxygen atoms in total. The van der Waals surface area contributed by atoms with Crippen LogP contribution >= 0.6 is 23.2 Å². The lowest BCUT2D eigenvalue weighted by Crippen LogP contribution is -2.06. The minimum Gasteiger partial charge on any atom is -0.364 e. The van der Waals surface area contributed by atoms with Gasteiger partial charge in [-0.25, -0.2) is 9.37 Å². The molecule has 0 radical (unpaired) electrons. The molecule has 104 valence electrons. The predicted molar refractivity (Wildman–Crippen MR) is 74.7 cm³/mol. The molecule has 0 atom stereocenters. The number of fused-ring (bicyclic) bond motifs is 1. The molecule has 0 unspecified atom stereocenters. The van der Waals surface area contributed by atoms with E-state index < -0.39 is 5.82 Å². The van der Waals surface area contributed by atoms with Crippen molar-refractivity contribution in [2.45, 2.75) is 13.0 Å². The number of aromatic nitrogens is 3. The fourth-order valence-electron chi connectivity index (χ4n) is 2.10. The van der Waals surface area contributed by atoms with Crippen LogP contribution in [0.5, 0.6) is 0 Å². The van der Waals surface area contributed by atoms with Crippen LogP contribution in [0.4, 0.5) is 4.39 Å². The van der Waals surface area contributed by atoms with E-state index in [1.54, 1.807) is 6.07 Å². The molecule has 0 aliphatic carbocycles. The number of halogens is 3. The summed E-state index contributed by atoms with van der Waals surface area (Å²) in [4.78, 5) is 4.45. The number of aryl methyl sites for hydroxylation is 1. The van der Waals surface area contributed by atoms with Crippen molar-refractivity contribution >= 4 is 34.2 Å². The quantitative estimate of drug-likeness (QED) is 0.691. The number of benzene rings is 1. The first kappa shape index (κ1) is 13.4. The van der Waals surface area contributed by atoms with Crippen LogP contribution in [0.1, 0.15) is 11.5 Å². The van der Waals surface area contributed by atoms with E-state index in [9.17, 15) is 4.39 Å². The molecule has 0 N–H and O–H groups in total. The number of hydrogen-bond acceptors (Lipinski definition) is 3. The van der Waals surface area contributed by atoms with Crippen molar-refractivity contribution in [3.05, 3.63) is 46.8 Å². The summed E-state index contributed by atoms with van der Waals surface area (Å²) in [6.07, 6.45) is 2.07. The third-order valence-electron chi connectivity index (χ3n) is 3.00. The summed E-state index contributed by atoms with van der Waals surface area (Å²) in [5.41, 5.74) is 2.03. The van der Waals surface area contributed by atoms with Gasteiger partial charge in [-0.1, -0.05) is 16.8 Å². The van der Waals surface area contributed by atoms with Crippen molar-refractivity contribution in [2.75, 3.05) is 5.88 Å². The van der Waals surface area contributed by atoms with E-state index in [1.807, 2.05) is 4.57 Å². The largest absolute Gasteiger partial charge is 0.364 e. The van der Waals surface area contributed by atoms with E-state index >= 15 is 0 Å². The molecule has 3 rings (SSSR count). The molecular weight excluding hydrogens is 304 g/mol. The summed E-state index contributed by atoms with van der Waals surface area (Å²) >= 11 is 11.6. The minimum absolute atomic E-state index is 0.0565. The molecule has 0 fully saturated rings. The summed E-state index contributed by atoms with van der Waals surface area (Å²) in [6.45, 7) is 0.445. The second-order valence-electron chi connectivity index (χ2n) is 4.30. The van der Waals surface area contributed by atoms with Gasteiger partial charge in [0.15, 0.2) is 0 Å². The van der Waals surface area contributed by atoms with Crippen molar-refractivity contribution in [3.8, 4) is 0 Å². The number of hydrogen-bond donors (Lipinski definition) is 0. The normalized spacial score (nSPS) is 11.3. The number of alkyl halides is 1. The van der Waals surface area contributed by atoms with Gasteiger partial charge in [-0.3, -0.25) is 0 Å². The van der Waals surface area contributed by atoms with Crippen molar-refractivity contribution in [2.24, 2.45) is 0 Å². The Kier molecular flexibility index (Phi) is 3.63. The molecule has 0 aliphatic rings. The smallest absolute Gasteiger partial charge is 0.144 e. The zero-order valence-electron chi connectivity index (χ0n) is 10.3. The molecule has 0 saturated carbocycles. The Hall–Kier alpha value is -1.59. The van der Waals surface area contributed by atoms with Gasteiger partial charge in [-0.2, -0.15) is 0 Å². The van der Waals surface area contributed by atoms with Gasteiger partial charge in [-0.05, 0) is 6.07 Å². The number of imidazole rings is 1. The lowest BCUT2D eigenvalue weighted by molar-refractivity contribution is 0.409. The Balaban J connectivity index is 2.15. The molecule has 0 bridgehead atoms. The van der Waals surface area contributed by atoms with Gasteiger partial charge in [0.25, 0.3) is 0 Å². The van der Waals surface area contributed by atoms with E-state index in [1.165, 1.54) is 18.4 Å². The molecule has 2 heterocycles. The van der Waals surface area contributed by atoms with Gasteiger partial charge in [0.2, 0.25) is 0 Å². The molecular formula is C13H10Cl2FN3O. The molecule has 0 spiro atoms. The third-order valence-corrected chi connectivity index (χ3v) is 3.48. The van der Waals surface area contributed by atoms with Crippen molar-refractivity contribution in [1.82, 2.24) is 14.7 Å². The molecule has 20 heavy (non-hydrogen) atoms. The average molecular weight is 314 g/mol. The Morgan fingerprint density at radius 3 is 2.90 bits per heavy atom. The molecule has 7 heteroatoms. The maximum Gasteiger partial charge on any atom is 0.144 e. The van der Waals surface area contributed by atoms with E-state index in [-0.39, 0.29) is 5.02 Å². The van der Waals surface area contributed by atoms with Gasteiger partial charge in [-0.15, -0.1) is 11.6 Å². The highest BCUT2D eigenvalue weighted by atomic mass is 35.5. The second-order valence-corrected chi connectivity index (χ2v) is 5.08. The van der Waals surface area contributed by atoms with Crippen LogP contribution < -0.4 is 0 Å². The maximum atomic E-state index is 13.7. The number of rotatable bonds is 4. The van der Waals surface area contributed by atoms with E-state index in [4.69, 9.17) is 27.7 Å². The Labute approximate surface area is 124 Å². The van der Waals surface area contributed by atoms with Gasteiger partial charge < -0.3 is 9.09 Å². The fraction of sp³-hybridized carbons (Fsp3) is 0.231. The molecule has 2 aromatic heterocycles. The summed E-state index contributed by atoms with van der Waals surface area (Å²) < 4.78 is 20.4. The molecule has 1 aromatic carbocycles. The van der Waals surface area contributed by atoms with Crippen molar-refractivity contribution in [3.63, 3.8) is 0 Å². The lowest BCUT2D eigenvalue weighted by Gasteiger charge is -2.06. The minimum atomic E-state index is -0.474. The first-order valence-corrected chi connectivity index (χ1v) is 6.89.